The number of nitrogens with zero attached hydrogens (tertiary/aromatic N) is 3. The average Bonchev–Trinajstić information content (AvgIpc) is 3.15. The van der Waals surface area contributed by atoms with Crippen LogP contribution < -0.4 is 10.6 Å². The molecule has 1 saturated heterocycles. The van der Waals surface area contributed by atoms with E-state index < -0.39 is 0 Å². The second-order valence-corrected chi connectivity index (χ2v) is 7.19. The Morgan fingerprint density at radius 2 is 1.92 bits per heavy atom. The number of aliphatic imine (C=N–C) groups is 1. The molecule has 0 unspecified atom stereocenters. The average molecular weight is 485 g/mol. The van der Waals surface area contributed by atoms with Crippen molar-refractivity contribution in [3.8, 4) is 11.3 Å². The number of likely N-dealkylation sites (tertiary alicyclic amines) is 1. The Labute approximate surface area is 177 Å². The van der Waals surface area contributed by atoms with Crippen molar-refractivity contribution in [1.82, 2.24) is 20.5 Å². The summed E-state index contributed by atoms with van der Waals surface area (Å²) in [7, 11) is 1.81. The number of hydrogen-bond acceptors (Lipinski definition) is 4. The van der Waals surface area contributed by atoms with Crippen LogP contribution in [-0.4, -0.2) is 49.1 Å². The molecule has 7 heteroatoms. The van der Waals surface area contributed by atoms with Gasteiger partial charge in [-0.1, -0.05) is 36.8 Å². The lowest BCUT2D eigenvalue weighted by molar-refractivity contribution is 0.232. The van der Waals surface area contributed by atoms with Gasteiger partial charge in [0.2, 0.25) is 0 Å². The number of rotatable bonds is 6. The monoisotopic (exact) mass is 485 g/mol. The number of thiazole rings is 1. The Bertz CT molecular complexity index is 668. The number of nitrogens with one attached hydrogen (secondary N) is 2. The first-order valence-corrected chi connectivity index (χ1v) is 9.90. The lowest BCUT2D eigenvalue weighted by Gasteiger charge is -2.26. The van der Waals surface area contributed by atoms with E-state index in [4.69, 9.17) is 4.98 Å². The Kier molecular flexibility index (Phi) is 9.35. The highest BCUT2D eigenvalue weighted by atomic mass is 127. The molecular weight excluding hydrogens is 457 g/mol. The fraction of sp³-hybridized carbons (Fsp3) is 0.474. The van der Waals surface area contributed by atoms with Crippen LogP contribution >= 0.6 is 35.3 Å². The predicted octanol–water partition coefficient (Wildman–Crippen LogP) is 3.58. The fourth-order valence-corrected chi connectivity index (χ4v) is 3.77. The number of hydrogen-bond donors (Lipinski definition) is 2. The molecule has 0 aliphatic carbocycles. The zero-order valence-electron chi connectivity index (χ0n) is 15.3. The van der Waals surface area contributed by atoms with Crippen molar-refractivity contribution < 1.29 is 0 Å². The molecule has 5 nitrogen and oxygen atoms in total. The third-order valence-electron chi connectivity index (χ3n) is 4.42. The smallest absolute Gasteiger partial charge is 0.191 e. The van der Waals surface area contributed by atoms with Gasteiger partial charge in [0.1, 0.15) is 5.01 Å². The van der Waals surface area contributed by atoms with Crippen LogP contribution in [0.2, 0.25) is 0 Å². The van der Waals surface area contributed by atoms with Crippen molar-refractivity contribution in [1.29, 1.82) is 0 Å². The summed E-state index contributed by atoms with van der Waals surface area (Å²) in [5.41, 5.74) is 2.20. The van der Waals surface area contributed by atoms with Crippen LogP contribution in [0.3, 0.4) is 0 Å². The van der Waals surface area contributed by atoms with Gasteiger partial charge in [0.05, 0.1) is 12.2 Å². The molecule has 0 saturated carbocycles. The van der Waals surface area contributed by atoms with Crippen LogP contribution in [-0.2, 0) is 6.54 Å². The molecule has 2 aromatic rings. The van der Waals surface area contributed by atoms with Crippen LogP contribution in [0.5, 0.6) is 0 Å². The van der Waals surface area contributed by atoms with Gasteiger partial charge < -0.3 is 15.5 Å². The van der Waals surface area contributed by atoms with E-state index in [9.17, 15) is 0 Å². The summed E-state index contributed by atoms with van der Waals surface area (Å²) in [4.78, 5) is 11.5. The van der Waals surface area contributed by atoms with Gasteiger partial charge >= 0.3 is 0 Å². The highest BCUT2D eigenvalue weighted by Crippen LogP contribution is 2.21. The van der Waals surface area contributed by atoms with Gasteiger partial charge in [-0.15, -0.1) is 35.3 Å². The molecule has 26 heavy (non-hydrogen) atoms. The number of aromatic nitrogens is 1. The normalized spacial score (nSPS) is 15.3. The van der Waals surface area contributed by atoms with E-state index in [1.807, 2.05) is 25.2 Å². The van der Waals surface area contributed by atoms with Crippen LogP contribution in [0.15, 0.2) is 40.7 Å². The molecular formula is C19H28IN5S. The SMILES string of the molecule is CN=C(NCCN1CCCCC1)NCc1nc(-c2ccccc2)cs1.I. The van der Waals surface area contributed by atoms with Gasteiger partial charge in [0.15, 0.2) is 5.96 Å². The Morgan fingerprint density at radius 3 is 2.65 bits per heavy atom. The summed E-state index contributed by atoms with van der Waals surface area (Å²) in [6, 6.07) is 10.3. The lowest BCUT2D eigenvalue weighted by atomic mass is 10.1. The Balaban J connectivity index is 0.00000243. The minimum Gasteiger partial charge on any atom is -0.355 e. The van der Waals surface area contributed by atoms with Gasteiger partial charge in [0, 0.05) is 31.1 Å². The molecule has 2 N–H and O–H groups in total. The minimum absolute atomic E-state index is 0. The molecule has 0 atom stereocenters. The number of benzene rings is 1. The van der Waals surface area contributed by atoms with E-state index in [2.05, 4.69) is 38.0 Å². The standard InChI is InChI=1S/C19H27N5S.HI/c1-20-19(21-10-13-24-11-6-3-7-12-24)22-14-18-23-17(15-25-18)16-8-4-2-5-9-16;/h2,4-5,8-9,15H,3,6-7,10-14H2,1H3,(H2,20,21,22);1H. The molecule has 1 fully saturated rings. The van der Waals surface area contributed by atoms with Crippen LogP contribution in [0.4, 0.5) is 0 Å². The van der Waals surface area contributed by atoms with Crippen molar-refractivity contribution >= 4 is 41.3 Å². The van der Waals surface area contributed by atoms with Crippen LogP contribution in [0.25, 0.3) is 11.3 Å². The maximum Gasteiger partial charge on any atom is 0.191 e. The molecule has 2 heterocycles. The van der Waals surface area contributed by atoms with Crippen LogP contribution in [0, 0.1) is 0 Å². The van der Waals surface area contributed by atoms with Crippen LogP contribution in [0.1, 0.15) is 24.3 Å². The van der Waals surface area contributed by atoms with Gasteiger partial charge in [0.25, 0.3) is 0 Å². The molecule has 0 bridgehead atoms. The van der Waals surface area contributed by atoms with Gasteiger partial charge in [-0.25, -0.2) is 4.98 Å². The lowest BCUT2D eigenvalue weighted by Crippen LogP contribution is -2.42. The first-order chi connectivity index (χ1) is 12.3. The molecule has 1 aromatic heterocycles. The highest BCUT2D eigenvalue weighted by Gasteiger charge is 2.10. The topological polar surface area (TPSA) is 52.6 Å². The quantitative estimate of drug-likeness (QED) is 0.373. The van der Waals surface area contributed by atoms with E-state index in [0.717, 1.165) is 35.3 Å². The second-order valence-electron chi connectivity index (χ2n) is 6.25. The van der Waals surface area contributed by atoms with Crippen molar-refractivity contribution in [2.45, 2.75) is 25.8 Å². The molecule has 1 aliphatic heterocycles. The summed E-state index contributed by atoms with van der Waals surface area (Å²) in [5.74, 6) is 0.841. The summed E-state index contributed by atoms with van der Waals surface area (Å²) in [6.07, 6.45) is 4.05. The molecule has 0 radical (unpaired) electrons. The van der Waals surface area contributed by atoms with Crippen molar-refractivity contribution in [2.75, 3.05) is 33.2 Å². The summed E-state index contributed by atoms with van der Waals surface area (Å²) < 4.78 is 0. The fourth-order valence-electron chi connectivity index (χ4n) is 3.03. The molecule has 0 amide bonds. The van der Waals surface area contributed by atoms with E-state index in [0.29, 0.717) is 6.54 Å². The maximum absolute atomic E-state index is 4.71. The second kappa shape index (κ2) is 11.5. The highest BCUT2D eigenvalue weighted by molar-refractivity contribution is 14.0. The molecule has 142 valence electrons. The third kappa shape index (κ3) is 6.51. The molecule has 0 spiro atoms. The predicted molar refractivity (Wildman–Crippen MR) is 121 cm³/mol. The number of halogens is 1. The first-order valence-electron chi connectivity index (χ1n) is 9.02. The summed E-state index contributed by atoms with van der Waals surface area (Å²) >= 11 is 1.68. The van der Waals surface area contributed by atoms with E-state index in [-0.39, 0.29) is 24.0 Å². The first kappa shape index (κ1) is 21.1. The zero-order valence-corrected chi connectivity index (χ0v) is 18.4. The maximum atomic E-state index is 4.71. The Hall–Kier alpha value is -1.19. The van der Waals surface area contributed by atoms with Crippen molar-refractivity contribution in [2.24, 2.45) is 4.99 Å². The van der Waals surface area contributed by atoms with Gasteiger partial charge in [-0.05, 0) is 25.9 Å². The molecule has 1 aromatic carbocycles. The van der Waals surface area contributed by atoms with E-state index in [1.54, 1.807) is 11.3 Å². The van der Waals surface area contributed by atoms with Crippen molar-refractivity contribution in [3.63, 3.8) is 0 Å². The zero-order chi connectivity index (χ0) is 17.3. The number of guanidine groups is 1. The summed E-state index contributed by atoms with van der Waals surface area (Å²) in [6.45, 7) is 5.16. The van der Waals surface area contributed by atoms with Gasteiger partial charge in [-0.3, -0.25) is 4.99 Å². The largest absolute Gasteiger partial charge is 0.355 e. The summed E-state index contributed by atoms with van der Waals surface area (Å²) in [5, 5.41) is 9.93. The minimum atomic E-state index is 0. The van der Waals surface area contributed by atoms with E-state index in [1.165, 1.54) is 32.4 Å². The van der Waals surface area contributed by atoms with E-state index >= 15 is 0 Å². The Morgan fingerprint density at radius 1 is 1.15 bits per heavy atom. The van der Waals surface area contributed by atoms with Crippen molar-refractivity contribution in [3.05, 3.63) is 40.7 Å². The molecule has 3 rings (SSSR count). The van der Waals surface area contributed by atoms with Gasteiger partial charge in [-0.2, -0.15) is 0 Å². The molecule has 1 aliphatic rings. The third-order valence-corrected chi connectivity index (χ3v) is 5.27. The number of piperidine rings is 1.